The summed E-state index contributed by atoms with van der Waals surface area (Å²) in [5, 5.41) is 0. The molecule has 0 radical (unpaired) electrons. The zero-order valence-electron chi connectivity index (χ0n) is 10.1. The highest BCUT2D eigenvalue weighted by molar-refractivity contribution is 9.10. The van der Waals surface area contributed by atoms with Crippen LogP contribution in [0.2, 0.25) is 0 Å². The van der Waals surface area contributed by atoms with Crippen molar-refractivity contribution in [2.75, 3.05) is 7.05 Å². The summed E-state index contributed by atoms with van der Waals surface area (Å²) >= 11 is 3.52. The zero-order valence-corrected chi connectivity index (χ0v) is 11.7. The summed E-state index contributed by atoms with van der Waals surface area (Å²) in [6.45, 7) is 2.05. The van der Waals surface area contributed by atoms with E-state index in [1.54, 1.807) is 4.90 Å². The van der Waals surface area contributed by atoms with Gasteiger partial charge in [0.15, 0.2) is 0 Å². The first-order chi connectivity index (χ1) is 8.00. The molecule has 1 fully saturated rings. The van der Waals surface area contributed by atoms with Crippen LogP contribution in [0.1, 0.15) is 30.0 Å². The van der Waals surface area contributed by atoms with Crippen LogP contribution in [0.4, 0.5) is 0 Å². The minimum atomic E-state index is -0.00634. The van der Waals surface area contributed by atoms with E-state index < -0.39 is 0 Å². The lowest BCUT2D eigenvalue weighted by Crippen LogP contribution is -2.46. The number of nitrogens with zero attached hydrogens (tertiary/aromatic N) is 1. The molecule has 1 aromatic carbocycles. The third-order valence-electron chi connectivity index (χ3n) is 3.45. The number of carbonyl (C=O) groups is 1. The Kier molecular flexibility index (Phi) is 3.54. The molecular weight excluding hydrogens is 280 g/mol. The molecule has 1 heterocycles. The van der Waals surface area contributed by atoms with Crippen molar-refractivity contribution in [3.63, 3.8) is 0 Å². The van der Waals surface area contributed by atoms with Gasteiger partial charge in [-0.05, 0) is 30.5 Å². The van der Waals surface area contributed by atoms with Crippen LogP contribution in [0.25, 0.3) is 0 Å². The average molecular weight is 297 g/mol. The normalized spacial score (nSPS) is 25.2. The standard InChI is InChI=1S/C13H17BrN2O/c1-8-3-4-9(7-10(8)14)13-11(15)5-6-12(17)16(13)2/h3-4,7,11,13H,5-6,15H2,1-2H3. The van der Waals surface area contributed by atoms with E-state index in [1.165, 1.54) is 5.56 Å². The fourth-order valence-corrected chi connectivity index (χ4v) is 2.73. The Labute approximate surface area is 110 Å². The van der Waals surface area contributed by atoms with Gasteiger partial charge in [0.05, 0.1) is 6.04 Å². The molecule has 1 saturated heterocycles. The number of benzene rings is 1. The Morgan fingerprint density at radius 1 is 1.47 bits per heavy atom. The predicted molar refractivity (Wildman–Crippen MR) is 71.6 cm³/mol. The lowest BCUT2D eigenvalue weighted by atomic mass is 9.91. The number of carbonyl (C=O) groups excluding carboxylic acids is 1. The van der Waals surface area contributed by atoms with Gasteiger partial charge in [0.1, 0.15) is 0 Å². The summed E-state index contributed by atoms with van der Waals surface area (Å²) in [4.78, 5) is 13.5. The van der Waals surface area contributed by atoms with E-state index in [1.807, 2.05) is 14.0 Å². The van der Waals surface area contributed by atoms with Gasteiger partial charge in [-0.25, -0.2) is 0 Å². The zero-order chi connectivity index (χ0) is 12.6. The molecule has 17 heavy (non-hydrogen) atoms. The molecule has 1 aliphatic heterocycles. The van der Waals surface area contributed by atoms with Gasteiger partial charge >= 0.3 is 0 Å². The monoisotopic (exact) mass is 296 g/mol. The summed E-state index contributed by atoms with van der Waals surface area (Å²) in [5.41, 5.74) is 8.43. The quantitative estimate of drug-likeness (QED) is 0.865. The average Bonchev–Trinajstić information content (AvgIpc) is 2.29. The van der Waals surface area contributed by atoms with Crippen LogP contribution in [0, 0.1) is 6.92 Å². The molecule has 2 atom stereocenters. The highest BCUT2D eigenvalue weighted by Gasteiger charge is 2.32. The highest BCUT2D eigenvalue weighted by atomic mass is 79.9. The number of likely N-dealkylation sites (N-methyl/N-ethyl adjacent to an activating group) is 1. The maximum absolute atomic E-state index is 11.7. The van der Waals surface area contributed by atoms with E-state index in [2.05, 4.69) is 34.1 Å². The minimum Gasteiger partial charge on any atom is -0.337 e. The van der Waals surface area contributed by atoms with Crippen molar-refractivity contribution in [2.24, 2.45) is 5.73 Å². The molecule has 1 amide bonds. The molecule has 0 spiro atoms. The van der Waals surface area contributed by atoms with Crippen molar-refractivity contribution in [2.45, 2.75) is 31.8 Å². The maximum Gasteiger partial charge on any atom is 0.222 e. The van der Waals surface area contributed by atoms with Crippen molar-refractivity contribution in [1.29, 1.82) is 0 Å². The third-order valence-corrected chi connectivity index (χ3v) is 4.30. The minimum absolute atomic E-state index is 0.00634. The number of piperidine rings is 1. The topological polar surface area (TPSA) is 46.3 Å². The molecule has 2 N–H and O–H groups in total. The van der Waals surface area contributed by atoms with Crippen LogP contribution in [0.5, 0.6) is 0 Å². The highest BCUT2D eigenvalue weighted by Crippen LogP contribution is 2.31. The third kappa shape index (κ3) is 2.38. The van der Waals surface area contributed by atoms with Crippen LogP contribution in [-0.4, -0.2) is 23.9 Å². The van der Waals surface area contributed by atoms with Crippen LogP contribution < -0.4 is 5.73 Å². The van der Waals surface area contributed by atoms with E-state index in [0.29, 0.717) is 6.42 Å². The Hall–Kier alpha value is -0.870. The first-order valence-corrected chi connectivity index (χ1v) is 6.57. The van der Waals surface area contributed by atoms with E-state index in [9.17, 15) is 4.79 Å². The Bertz CT molecular complexity index is 447. The lowest BCUT2D eigenvalue weighted by molar-refractivity contribution is -0.135. The second-order valence-electron chi connectivity index (χ2n) is 4.66. The van der Waals surface area contributed by atoms with Gasteiger partial charge < -0.3 is 10.6 Å². The van der Waals surface area contributed by atoms with Gasteiger partial charge in [0.2, 0.25) is 5.91 Å². The molecule has 1 aliphatic rings. The summed E-state index contributed by atoms with van der Waals surface area (Å²) in [6, 6.07) is 6.19. The molecule has 0 aliphatic carbocycles. The predicted octanol–water partition coefficient (Wildman–Crippen LogP) is 2.38. The maximum atomic E-state index is 11.7. The molecule has 0 bridgehead atoms. The number of nitrogens with two attached hydrogens (primary N) is 1. The van der Waals surface area contributed by atoms with Crippen molar-refractivity contribution in [3.8, 4) is 0 Å². The second-order valence-corrected chi connectivity index (χ2v) is 5.51. The molecule has 2 unspecified atom stereocenters. The molecule has 2 rings (SSSR count). The fourth-order valence-electron chi connectivity index (χ4n) is 2.33. The summed E-state index contributed by atoms with van der Waals surface area (Å²) in [5.74, 6) is 0.174. The molecule has 3 nitrogen and oxygen atoms in total. The molecule has 0 saturated carbocycles. The van der Waals surface area contributed by atoms with Crippen LogP contribution in [0.3, 0.4) is 0 Å². The number of halogens is 1. The van der Waals surface area contributed by atoms with Gasteiger partial charge in [-0.1, -0.05) is 28.1 Å². The smallest absolute Gasteiger partial charge is 0.222 e. The van der Waals surface area contributed by atoms with Gasteiger partial charge in [-0.2, -0.15) is 0 Å². The number of likely N-dealkylation sites (tertiary alicyclic amines) is 1. The van der Waals surface area contributed by atoms with Gasteiger partial charge in [0.25, 0.3) is 0 Å². The number of hydrogen-bond donors (Lipinski definition) is 1. The van der Waals surface area contributed by atoms with Crippen molar-refractivity contribution in [3.05, 3.63) is 33.8 Å². The summed E-state index contributed by atoms with van der Waals surface area (Å²) in [6.07, 6.45) is 1.32. The molecule has 92 valence electrons. The Balaban J connectivity index is 2.36. The number of amides is 1. The van der Waals surface area contributed by atoms with Gasteiger partial charge in [0, 0.05) is 24.0 Å². The van der Waals surface area contributed by atoms with E-state index >= 15 is 0 Å². The van der Waals surface area contributed by atoms with Gasteiger partial charge in [-0.15, -0.1) is 0 Å². The molecular formula is C13H17BrN2O. The molecule has 4 heteroatoms. The van der Waals surface area contributed by atoms with Crippen LogP contribution >= 0.6 is 15.9 Å². The Morgan fingerprint density at radius 2 is 2.18 bits per heavy atom. The number of rotatable bonds is 1. The van der Waals surface area contributed by atoms with Crippen molar-refractivity contribution >= 4 is 21.8 Å². The van der Waals surface area contributed by atoms with Crippen LogP contribution in [-0.2, 0) is 4.79 Å². The SMILES string of the molecule is Cc1ccc(C2C(N)CCC(=O)N2C)cc1Br. The van der Waals surface area contributed by atoms with Crippen LogP contribution in [0.15, 0.2) is 22.7 Å². The summed E-state index contributed by atoms with van der Waals surface area (Å²) in [7, 11) is 1.83. The van der Waals surface area contributed by atoms with E-state index in [-0.39, 0.29) is 18.0 Å². The largest absolute Gasteiger partial charge is 0.337 e. The fraction of sp³-hybridized carbons (Fsp3) is 0.462. The van der Waals surface area contributed by atoms with E-state index in [0.717, 1.165) is 16.5 Å². The first kappa shape index (κ1) is 12.6. The lowest BCUT2D eigenvalue weighted by Gasteiger charge is -2.37. The first-order valence-electron chi connectivity index (χ1n) is 5.78. The molecule has 0 aromatic heterocycles. The Morgan fingerprint density at radius 3 is 2.82 bits per heavy atom. The van der Waals surface area contributed by atoms with Crippen molar-refractivity contribution < 1.29 is 4.79 Å². The van der Waals surface area contributed by atoms with E-state index in [4.69, 9.17) is 5.73 Å². The number of hydrogen-bond acceptors (Lipinski definition) is 2. The number of aryl methyl sites for hydroxylation is 1. The van der Waals surface area contributed by atoms with Crippen molar-refractivity contribution in [1.82, 2.24) is 4.90 Å². The summed E-state index contributed by atoms with van der Waals surface area (Å²) < 4.78 is 1.06. The second kappa shape index (κ2) is 4.78. The molecule has 1 aromatic rings. The van der Waals surface area contributed by atoms with Gasteiger partial charge in [-0.3, -0.25) is 4.79 Å².